The first kappa shape index (κ1) is 12.5. The molecule has 6 heteroatoms. The van der Waals surface area contributed by atoms with E-state index in [1.54, 1.807) is 17.2 Å². The van der Waals surface area contributed by atoms with Gasteiger partial charge in [-0.05, 0) is 12.1 Å². The first-order valence-electron chi connectivity index (χ1n) is 6.87. The lowest BCUT2D eigenvalue weighted by Crippen LogP contribution is -2.45. The summed E-state index contributed by atoms with van der Waals surface area (Å²) in [6, 6.07) is 5.50. The van der Waals surface area contributed by atoms with Crippen molar-refractivity contribution in [2.24, 2.45) is 11.8 Å². The van der Waals surface area contributed by atoms with Gasteiger partial charge in [0.25, 0.3) is 0 Å². The molecule has 108 valence electrons. The number of fused-ring (bicyclic) bond motifs is 1. The fraction of sp³-hybridized carbons (Fsp3) is 0.400. The highest BCUT2D eigenvalue weighted by molar-refractivity contribution is 5.90. The quantitative estimate of drug-likeness (QED) is 0.673. The highest BCUT2D eigenvalue weighted by Crippen LogP contribution is 2.51. The monoisotopic (exact) mass is 285 g/mol. The number of amides is 1. The fourth-order valence-electron chi connectivity index (χ4n) is 3.67. The van der Waals surface area contributed by atoms with Crippen LogP contribution in [0.5, 0.6) is 0 Å². The molecule has 21 heavy (non-hydrogen) atoms. The predicted molar refractivity (Wildman–Crippen MR) is 68.4 cm³/mol. The maximum Gasteiger partial charge on any atom is 0.230 e. The van der Waals surface area contributed by atoms with Crippen LogP contribution in [-0.4, -0.2) is 40.0 Å². The van der Waals surface area contributed by atoms with E-state index in [-0.39, 0.29) is 5.91 Å². The summed E-state index contributed by atoms with van der Waals surface area (Å²) in [4.78, 5) is 29.7. The van der Waals surface area contributed by atoms with Crippen LogP contribution in [0.25, 0.3) is 0 Å². The number of carbonyl (C=O) groups excluding carboxylic acids is 2. The van der Waals surface area contributed by atoms with Crippen molar-refractivity contribution >= 4 is 11.9 Å². The van der Waals surface area contributed by atoms with Gasteiger partial charge in [-0.25, -0.2) is 0 Å². The van der Waals surface area contributed by atoms with Gasteiger partial charge in [0.1, 0.15) is 5.60 Å². The summed E-state index contributed by atoms with van der Waals surface area (Å²) < 4.78 is 5.78. The van der Waals surface area contributed by atoms with Gasteiger partial charge in [-0.3, -0.25) is 9.78 Å². The Morgan fingerprint density at radius 3 is 3.10 bits per heavy atom. The summed E-state index contributed by atoms with van der Waals surface area (Å²) in [5.74, 6) is -2.98. The van der Waals surface area contributed by atoms with Crippen LogP contribution in [-0.2, 0) is 20.9 Å². The molecule has 0 N–H and O–H groups in total. The first-order chi connectivity index (χ1) is 10.1. The normalized spacial score (nSPS) is 36.3. The third-order valence-corrected chi connectivity index (χ3v) is 4.53. The molecule has 2 fully saturated rings. The number of nitrogens with zero attached hydrogens (tertiary/aromatic N) is 2. The summed E-state index contributed by atoms with van der Waals surface area (Å²) >= 11 is 0. The Balaban J connectivity index is 1.63. The largest absolute Gasteiger partial charge is 0.550 e. The molecular weight excluding hydrogens is 272 g/mol. The molecule has 2 bridgehead atoms. The van der Waals surface area contributed by atoms with Crippen molar-refractivity contribution < 1.29 is 19.4 Å². The lowest BCUT2D eigenvalue weighted by atomic mass is 9.77. The molecule has 3 aliphatic heterocycles. The number of carbonyl (C=O) groups is 2. The average molecular weight is 285 g/mol. The van der Waals surface area contributed by atoms with Gasteiger partial charge in [0.2, 0.25) is 5.91 Å². The molecular formula is C15H13N2O4-. The second-order valence-electron chi connectivity index (χ2n) is 5.73. The maximum atomic E-state index is 12.6. The van der Waals surface area contributed by atoms with Gasteiger partial charge in [0.05, 0.1) is 30.8 Å². The molecule has 3 aliphatic rings. The van der Waals surface area contributed by atoms with E-state index in [1.807, 2.05) is 24.3 Å². The molecule has 1 amide bonds. The number of carboxylic acids is 1. The number of pyridine rings is 1. The minimum atomic E-state index is -1.22. The minimum absolute atomic E-state index is 0.193. The molecule has 2 saturated heterocycles. The highest BCUT2D eigenvalue weighted by atomic mass is 16.5. The number of carboxylic acid groups (broad SMARTS) is 1. The molecule has 4 atom stereocenters. The van der Waals surface area contributed by atoms with E-state index in [4.69, 9.17) is 4.74 Å². The van der Waals surface area contributed by atoms with Crippen molar-refractivity contribution in [3.05, 3.63) is 42.2 Å². The summed E-state index contributed by atoms with van der Waals surface area (Å²) in [6.07, 6.45) is 4.69. The van der Waals surface area contributed by atoms with Crippen LogP contribution in [0.4, 0.5) is 0 Å². The van der Waals surface area contributed by atoms with Crippen LogP contribution in [0, 0.1) is 11.8 Å². The van der Waals surface area contributed by atoms with Crippen LogP contribution < -0.4 is 5.11 Å². The molecule has 0 saturated carbocycles. The Hall–Kier alpha value is -2.21. The zero-order valence-corrected chi connectivity index (χ0v) is 11.1. The SMILES string of the molecule is O=C([O-])C1C2C=CC3(CN(Cc4ccccn4)C(=O)C13)O2. The maximum absolute atomic E-state index is 12.6. The van der Waals surface area contributed by atoms with Gasteiger partial charge in [-0.2, -0.15) is 0 Å². The number of rotatable bonds is 3. The lowest BCUT2D eigenvalue weighted by molar-refractivity contribution is -0.313. The fourth-order valence-corrected chi connectivity index (χ4v) is 3.67. The Bertz CT molecular complexity index is 644. The van der Waals surface area contributed by atoms with Crippen molar-refractivity contribution in [3.63, 3.8) is 0 Å². The van der Waals surface area contributed by atoms with Crippen molar-refractivity contribution in [2.45, 2.75) is 18.2 Å². The molecule has 0 radical (unpaired) electrons. The number of ether oxygens (including phenoxy) is 1. The summed E-state index contributed by atoms with van der Waals surface area (Å²) in [5, 5.41) is 11.3. The predicted octanol–water partition coefficient (Wildman–Crippen LogP) is -0.887. The van der Waals surface area contributed by atoms with Crippen molar-refractivity contribution in [2.75, 3.05) is 6.54 Å². The molecule has 4 unspecified atom stereocenters. The molecule has 0 aliphatic carbocycles. The van der Waals surface area contributed by atoms with E-state index < -0.39 is 29.5 Å². The number of hydrogen-bond acceptors (Lipinski definition) is 5. The number of aromatic nitrogens is 1. The average Bonchev–Trinajstić information content (AvgIpc) is 3.09. The van der Waals surface area contributed by atoms with E-state index in [9.17, 15) is 14.7 Å². The third kappa shape index (κ3) is 1.65. The minimum Gasteiger partial charge on any atom is -0.550 e. The van der Waals surface area contributed by atoms with Crippen LogP contribution in [0.1, 0.15) is 5.69 Å². The summed E-state index contributed by atoms with van der Waals surface area (Å²) in [5.41, 5.74) is -0.0351. The van der Waals surface area contributed by atoms with Crippen LogP contribution in [0.15, 0.2) is 36.5 Å². The Morgan fingerprint density at radius 2 is 2.38 bits per heavy atom. The Labute approximate surface area is 121 Å². The molecule has 1 aromatic rings. The van der Waals surface area contributed by atoms with Gasteiger partial charge >= 0.3 is 0 Å². The van der Waals surface area contributed by atoms with E-state index in [0.29, 0.717) is 13.1 Å². The second kappa shape index (κ2) is 4.14. The van der Waals surface area contributed by atoms with Gasteiger partial charge in [0.15, 0.2) is 0 Å². The number of aliphatic carboxylic acids is 1. The van der Waals surface area contributed by atoms with Gasteiger partial charge in [-0.1, -0.05) is 18.2 Å². The van der Waals surface area contributed by atoms with Gasteiger partial charge in [0, 0.05) is 18.1 Å². The summed E-state index contributed by atoms with van der Waals surface area (Å²) in [6.45, 7) is 0.726. The zero-order chi connectivity index (χ0) is 14.6. The Kier molecular flexibility index (Phi) is 2.47. The third-order valence-electron chi connectivity index (χ3n) is 4.53. The van der Waals surface area contributed by atoms with E-state index in [1.165, 1.54) is 0 Å². The first-order valence-corrected chi connectivity index (χ1v) is 6.87. The van der Waals surface area contributed by atoms with E-state index in [0.717, 1.165) is 5.69 Å². The van der Waals surface area contributed by atoms with Crippen LogP contribution >= 0.6 is 0 Å². The topological polar surface area (TPSA) is 82.6 Å². The van der Waals surface area contributed by atoms with Crippen LogP contribution in [0.2, 0.25) is 0 Å². The molecule has 0 aromatic carbocycles. The van der Waals surface area contributed by atoms with E-state index >= 15 is 0 Å². The lowest BCUT2D eigenvalue weighted by Gasteiger charge is -2.24. The number of hydrogen-bond donors (Lipinski definition) is 0. The van der Waals surface area contributed by atoms with Gasteiger partial charge < -0.3 is 19.5 Å². The molecule has 1 spiro atoms. The van der Waals surface area contributed by atoms with Crippen molar-refractivity contribution in [3.8, 4) is 0 Å². The Morgan fingerprint density at radius 1 is 1.52 bits per heavy atom. The smallest absolute Gasteiger partial charge is 0.230 e. The van der Waals surface area contributed by atoms with E-state index in [2.05, 4.69) is 4.98 Å². The van der Waals surface area contributed by atoms with Crippen LogP contribution in [0.3, 0.4) is 0 Å². The highest BCUT2D eigenvalue weighted by Gasteiger charge is 2.65. The summed E-state index contributed by atoms with van der Waals surface area (Å²) in [7, 11) is 0. The van der Waals surface area contributed by atoms with Crippen molar-refractivity contribution in [1.29, 1.82) is 0 Å². The molecule has 6 nitrogen and oxygen atoms in total. The molecule has 4 heterocycles. The molecule has 1 aromatic heterocycles. The zero-order valence-electron chi connectivity index (χ0n) is 11.1. The second-order valence-corrected chi connectivity index (χ2v) is 5.73. The van der Waals surface area contributed by atoms with Crippen molar-refractivity contribution in [1.82, 2.24) is 9.88 Å². The molecule has 4 rings (SSSR count). The number of likely N-dealkylation sites (tertiary alicyclic amines) is 1. The standard InChI is InChI=1S/C15H14N2O4/c18-13-12-11(14(19)20)10-4-5-15(12,21-10)8-17(13)7-9-3-1-2-6-16-9/h1-6,10-12H,7-8H2,(H,19,20)/p-1. The van der Waals surface area contributed by atoms with Gasteiger partial charge in [-0.15, -0.1) is 0 Å².